The fourth-order valence-corrected chi connectivity index (χ4v) is 1.88. The number of nitrogens with zero attached hydrogens (tertiary/aromatic N) is 2. The number of imide groups is 2. The maximum atomic E-state index is 12.0. The molecule has 2 heterocycles. The third-order valence-corrected chi connectivity index (χ3v) is 3.08. The molecule has 0 spiro atoms. The molecule has 0 unspecified atom stereocenters. The molecule has 11 heteroatoms. The van der Waals surface area contributed by atoms with Crippen LogP contribution in [0.5, 0.6) is 5.88 Å². The van der Waals surface area contributed by atoms with Gasteiger partial charge in [0.1, 0.15) is 0 Å². The second-order valence-electron chi connectivity index (χ2n) is 4.33. The number of hydrogen-bond donors (Lipinski definition) is 3. The Labute approximate surface area is 115 Å². The number of carbonyl (C=O) groups is 3. The van der Waals surface area contributed by atoms with E-state index in [1.54, 1.807) is 10.6 Å². The van der Waals surface area contributed by atoms with E-state index in [-0.39, 0.29) is 0 Å². The molecule has 2 rings (SSSR count). The fourth-order valence-electron chi connectivity index (χ4n) is 1.88. The van der Waals surface area contributed by atoms with Gasteiger partial charge in [0.25, 0.3) is 23.0 Å². The third kappa shape index (κ3) is 1.74. The SMILES string of the molecule is Cn1c([O-])c(C2(O)C(=O)NC(=O)NC2=O)c(=O)n(C)c1=O. The molecule has 1 saturated heterocycles. The molecule has 4 amide bonds. The minimum Gasteiger partial charge on any atom is -0.860 e. The summed E-state index contributed by atoms with van der Waals surface area (Å²) < 4.78 is 0.900. The van der Waals surface area contributed by atoms with E-state index in [1.165, 1.54) is 0 Å². The number of amides is 4. The van der Waals surface area contributed by atoms with E-state index < -0.39 is 46.1 Å². The summed E-state index contributed by atoms with van der Waals surface area (Å²) in [5.74, 6) is -4.42. The predicted octanol–water partition coefficient (Wildman–Crippen LogP) is -4.29. The van der Waals surface area contributed by atoms with Crippen LogP contribution in [0, 0.1) is 0 Å². The standard InChI is InChI=1S/C10H10N4O7/c1-13-4(15)3(5(16)14(2)9(13)20)10(21)6(17)11-8(19)12-7(10)18/h15,21H,1-2H3,(H2,11,12,17,18,19)/p-1. The van der Waals surface area contributed by atoms with E-state index in [0.717, 1.165) is 14.1 Å². The first kappa shape index (κ1) is 14.5. The molecule has 0 radical (unpaired) electrons. The lowest BCUT2D eigenvalue weighted by molar-refractivity contribution is -0.283. The van der Waals surface area contributed by atoms with Crippen molar-refractivity contribution in [2.45, 2.75) is 5.60 Å². The summed E-state index contributed by atoms with van der Waals surface area (Å²) in [4.78, 5) is 58.0. The van der Waals surface area contributed by atoms with Crippen LogP contribution >= 0.6 is 0 Å². The Morgan fingerprint density at radius 2 is 1.48 bits per heavy atom. The number of hydrogen-bond acceptors (Lipinski definition) is 7. The quantitative estimate of drug-likeness (QED) is 0.441. The van der Waals surface area contributed by atoms with Crippen LogP contribution in [0.4, 0.5) is 4.79 Å². The minimum absolute atomic E-state index is 0.450. The Balaban J connectivity index is 2.87. The van der Waals surface area contributed by atoms with E-state index in [4.69, 9.17) is 0 Å². The number of carbonyl (C=O) groups excluding carboxylic acids is 3. The van der Waals surface area contributed by atoms with Gasteiger partial charge in [-0.15, -0.1) is 0 Å². The van der Waals surface area contributed by atoms with Gasteiger partial charge in [-0.1, -0.05) is 0 Å². The summed E-state index contributed by atoms with van der Waals surface area (Å²) in [6.45, 7) is 0. The molecule has 112 valence electrons. The molecule has 21 heavy (non-hydrogen) atoms. The molecule has 1 aliphatic rings. The molecule has 1 aromatic heterocycles. The third-order valence-electron chi connectivity index (χ3n) is 3.08. The number of barbiturate groups is 1. The first-order valence-corrected chi connectivity index (χ1v) is 5.49. The van der Waals surface area contributed by atoms with Crippen LogP contribution in [0.1, 0.15) is 5.56 Å². The highest BCUT2D eigenvalue weighted by molar-refractivity contribution is 6.21. The summed E-state index contributed by atoms with van der Waals surface area (Å²) in [6.07, 6.45) is 0. The average molecular weight is 297 g/mol. The van der Waals surface area contributed by atoms with Crippen molar-refractivity contribution in [2.24, 2.45) is 14.1 Å². The summed E-state index contributed by atoms with van der Waals surface area (Å²) in [7, 11) is 2.00. The van der Waals surface area contributed by atoms with Crippen molar-refractivity contribution in [2.75, 3.05) is 0 Å². The highest BCUT2D eigenvalue weighted by Crippen LogP contribution is 2.25. The van der Waals surface area contributed by atoms with Crippen molar-refractivity contribution in [1.82, 2.24) is 19.8 Å². The number of aromatic nitrogens is 2. The predicted molar refractivity (Wildman–Crippen MR) is 61.9 cm³/mol. The number of urea groups is 1. The highest BCUT2D eigenvalue weighted by Gasteiger charge is 2.53. The molecule has 11 nitrogen and oxygen atoms in total. The Morgan fingerprint density at radius 3 is 1.95 bits per heavy atom. The fraction of sp³-hybridized carbons (Fsp3) is 0.300. The normalized spacial score (nSPS) is 17.4. The minimum atomic E-state index is -3.20. The van der Waals surface area contributed by atoms with Gasteiger partial charge in [0.2, 0.25) is 0 Å². The smallest absolute Gasteiger partial charge is 0.329 e. The van der Waals surface area contributed by atoms with Gasteiger partial charge in [-0.05, 0) is 5.88 Å². The van der Waals surface area contributed by atoms with Gasteiger partial charge < -0.3 is 14.8 Å². The molecular formula is C10H9N4O7-. The molecule has 0 atom stereocenters. The lowest BCUT2D eigenvalue weighted by Gasteiger charge is -2.32. The lowest BCUT2D eigenvalue weighted by atomic mass is 9.92. The zero-order valence-electron chi connectivity index (χ0n) is 10.8. The van der Waals surface area contributed by atoms with Crippen molar-refractivity contribution in [3.8, 4) is 5.88 Å². The van der Waals surface area contributed by atoms with Crippen molar-refractivity contribution >= 4 is 17.8 Å². The molecule has 1 aromatic rings. The van der Waals surface area contributed by atoms with Crippen molar-refractivity contribution in [3.05, 3.63) is 26.4 Å². The lowest BCUT2D eigenvalue weighted by Crippen LogP contribution is -2.66. The second-order valence-corrected chi connectivity index (χ2v) is 4.33. The largest absolute Gasteiger partial charge is 0.860 e. The molecule has 0 aliphatic carbocycles. The maximum Gasteiger partial charge on any atom is 0.329 e. The number of rotatable bonds is 1. The maximum absolute atomic E-state index is 12.0. The van der Waals surface area contributed by atoms with Gasteiger partial charge in [-0.2, -0.15) is 0 Å². The Hall–Kier alpha value is -2.95. The van der Waals surface area contributed by atoms with Crippen LogP contribution in [0.2, 0.25) is 0 Å². The molecule has 1 aliphatic heterocycles. The highest BCUT2D eigenvalue weighted by atomic mass is 16.3. The van der Waals surface area contributed by atoms with Gasteiger partial charge in [-0.25, -0.2) is 9.59 Å². The summed E-state index contributed by atoms with van der Waals surface area (Å²) >= 11 is 0. The van der Waals surface area contributed by atoms with Gasteiger partial charge in [-0.3, -0.25) is 29.6 Å². The van der Waals surface area contributed by atoms with Crippen molar-refractivity contribution < 1.29 is 24.6 Å². The Morgan fingerprint density at radius 1 is 1.00 bits per heavy atom. The average Bonchev–Trinajstić information content (AvgIpc) is 2.41. The zero-order chi connectivity index (χ0) is 16.1. The molecule has 0 saturated carbocycles. The van der Waals surface area contributed by atoms with Gasteiger partial charge >= 0.3 is 11.7 Å². The summed E-state index contributed by atoms with van der Waals surface area (Å²) in [6, 6.07) is -1.20. The second kappa shape index (κ2) is 4.28. The van der Waals surface area contributed by atoms with E-state index in [0.29, 0.717) is 9.13 Å². The van der Waals surface area contributed by atoms with Crippen LogP contribution in [-0.2, 0) is 29.3 Å². The molecule has 0 bridgehead atoms. The molecule has 3 N–H and O–H groups in total. The van der Waals surface area contributed by atoms with Crippen LogP contribution < -0.4 is 27.0 Å². The Kier molecular flexibility index (Phi) is 2.94. The van der Waals surface area contributed by atoms with Crippen LogP contribution in [0.15, 0.2) is 9.59 Å². The number of aliphatic hydroxyl groups is 1. The molecule has 1 fully saturated rings. The molecule has 0 aromatic carbocycles. The van der Waals surface area contributed by atoms with Crippen LogP contribution in [-0.4, -0.2) is 32.1 Å². The zero-order valence-corrected chi connectivity index (χ0v) is 10.8. The van der Waals surface area contributed by atoms with Crippen molar-refractivity contribution in [3.63, 3.8) is 0 Å². The first-order valence-electron chi connectivity index (χ1n) is 5.49. The van der Waals surface area contributed by atoms with E-state index >= 15 is 0 Å². The van der Waals surface area contributed by atoms with E-state index in [1.807, 2.05) is 0 Å². The number of nitrogens with one attached hydrogen (secondary N) is 2. The monoisotopic (exact) mass is 297 g/mol. The topological polar surface area (TPSA) is 163 Å². The van der Waals surface area contributed by atoms with Crippen molar-refractivity contribution in [1.29, 1.82) is 0 Å². The summed E-state index contributed by atoms with van der Waals surface area (Å²) in [5.41, 5.74) is -6.66. The Bertz CT molecular complexity index is 783. The van der Waals surface area contributed by atoms with E-state index in [2.05, 4.69) is 0 Å². The summed E-state index contributed by atoms with van der Waals surface area (Å²) in [5, 5.41) is 25.3. The van der Waals surface area contributed by atoms with Crippen LogP contribution in [0.3, 0.4) is 0 Å². The van der Waals surface area contributed by atoms with Crippen LogP contribution in [0.25, 0.3) is 0 Å². The van der Waals surface area contributed by atoms with Gasteiger partial charge in [0.15, 0.2) is 0 Å². The van der Waals surface area contributed by atoms with E-state index in [9.17, 15) is 34.2 Å². The van der Waals surface area contributed by atoms with Gasteiger partial charge in [0.05, 0.1) is 5.56 Å². The molecular weight excluding hydrogens is 288 g/mol. The van der Waals surface area contributed by atoms with Gasteiger partial charge in [0, 0.05) is 14.1 Å². The first-order chi connectivity index (χ1) is 9.62.